The first-order chi connectivity index (χ1) is 20.9. The molecule has 0 saturated carbocycles. The Morgan fingerprint density at radius 2 is 1.86 bits per heavy atom. The molecule has 1 atom stereocenters. The maximum absolute atomic E-state index is 14.2. The van der Waals surface area contributed by atoms with Crippen LogP contribution in [0.1, 0.15) is 29.7 Å². The van der Waals surface area contributed by atoms with Crippen molar-refractivity contribution in [2.24, 2.45) is 4.99 Å². The Balaban J connectivity index is 1.59. The highest BCUT2D eigenvalue weighted by molar-refractivity contribution is 14.1. The molecule has 3 heterocycles. The van der Waals surface area contributed by atoms with Gasteiger partial charge in [-0.2, -0.15) is 0 Å². The lowest BCUT2D eigenvalue weighted by Crippen LogP contribution is -2.40. The van der Waals surface area contributed by atoms with Crippen LogP contribution in [0.4, 0.5) is 0 Å². The van der Waals surface area contributed by atoms with Gasteiger partial charge in [-0.25, -0.2) is 9.79 Å². The van der Waals surface area contributed by atoms with Crippen molar-refractivity contribution in [3.63, 3.8) is 0 Å². The van der Waals surface area contributed by atoms with Crippen LogP contribution < -0.4 is 29.1 Å². The SMILES string of the molecule is C=CCOc1c(I)cc(C=c2sc3n(c2=O)C(c2ccc4c(c2)OCO4)C(C(=O)OCC)=C(c2ccccc2)N=3)cc1I. The summed E-state index contributed by atoms with van der Waals surface area (Å²) in [6.45, 7) is 6.15. The predicted molar refractivity (Wildman–Crippen MR) is 181 cm³/mol. The highest BCUT2D eigenvalue weighted by Gasteiger charge is 2.36. The van der Waals surface area contributed by atoms with Crippen LogP contribution in [0.25, 0.3) is 11.8 Å². The van der Waals surface area contributed by atoms with E-state index in [-0.39, 0.29) is 24.5 Å². The number of fused-ring (bicyclic) bond motifs is 2. The molecule has 43 heavy (non-hydrogen) atoms. The topological polar surface area (TPSA) is 88.3 Å². The number of benzene rings is 3. The van der Waals surface area contributed by atoms with E-state index in [0.717, 1.165) is 24.0 Å². The second-order valence-electron chi connectivity index (χ2n) is 9.46. The maximum Gasteiger partial charge on any atom is 0.338 e. The molecule has 0 aliphatic carbocycles. The number of carbonyl (C=O) groups is 1. The van der Waals surface area contributed by atoms with Crippen molar-refractivity contribution in [3.05, 3.63) is 122 Å². The average Bonchev–Trinajstić information content (AvgIpc) is 3.60. The van der Waals surface area contributed by atoms with Crippen molar-refractivity contribution in [2.75, 3.05) is 20.0 Å². The first kappa shape index (κ1) is 29.6. The van der Waals surface area contributed by atoms with Gasteiger partial charge in [0.25, 0.3) is 5.56 Å². The predicted octanol–water partition coefficient (Wildman–Crippen LogP) is 5.44. The number of carbonyl (C=O) groups excluding carboxylic acids is 1. The molecule has 0 radical (unpaired) electrons. The van der Waals surface area contributed by atoms with Gasteiger partial charge in [0, 0.05) is 5.56 Å². The molecular formula is C32H24I2N2O6S. The maximum atomic E-state index is 14.2. The zero-order chi connectivity index (χ0) is 30.1. The minimum atomic E-state index is -0.808. The van der Waals surface area contributed by atoms with Gasteiger partial charge in [0.15, 0.2) is 16.3 Å². The molecule has 1 aromatic heterocycles. The Labute approximate surface area is 278 Å². The molecular weight excluding hydrogens is 794 g/mol. The fourth-order valence-electron chi connectivity index (χ4n) is 4.93. The summed E-state index contributed by atoms with van der Waals surface area (Å²) in [7, 11) is 0. The number of nitrogens with zero attached hydrogens (tertiary/aromatic N) is 2. The molecule has 2 aliphatic rings. The van der Waals surface area contributed by atoms with Gasteiger partial charge in [-0.3, -0.25) is 9.36 Å². The summed E-state index contributed by atoms with van der Waals surface area (Å²) in [5.74, 6) is 1.38. The molecule has 11 heteroatoms. The molecule has 0 amide bonds. The van der Waals surface area contributed by atoms with Crippen molar-refractivity contribution in [3.8, 4) is 17.2 Å². The molecule has 0 fully saturated rings. The van der Waals surface area contributed by atoms with Crippen LogP contribution in [0.5, 0.6) is 17.2 Å². The van der Waals surface area contributed by atoms with Gasteiger partial charge in [-0.1, -0.05) is 60.4 Å². The second-order valence-corrected chi connectivity index (χ2v) is 12.8. The molecule has 218 valence electrons. The van der Waals surface area contributed by atoms with Crippen LogP contribution in [0.2, 0.25) is 0 Å². The number of hydrogen-bond acceptors (Lipinski definition) is 8. The van der Waals surface area contributed by atoms with E-state index in [1.165, 1.54) is 11.3 Å². The lowest BCUT2D eigenvalue weighted by Gasteiger charge is -2.26. The molecule has 3 aromatic carbocycles. The number of ether oxygens (including phenoxy) is 4. The lowest BCUT2D eigenvalue weighted by atomic mass is 9.93. The molecule has 8 nitrogen and oxygen atoms in total. The van der Waals surface area contributed by atoms with E-state index >= 15 is 0 Å². The number of aromatic nitrogens is 1. The summed E-state index contributed by atoms with van der Waals surface area (Å²) < 4.78 is 26.4. The molecule has 0 spiro atoms. The minimum Gasteiger partial charge on any atom is -0.487 e. The fraction of sp³-hybridized carbons (Fsp3) is 0.156. The van der Waals surface area contributed by atoms with Crippen molar-refractivity contribution in [1.82, 2.24) is 4.57 Å². The van der Waals surface area contributed by atoms with E-state index in [4.69, 9.17) is 23.9 Å². The quantitative estimate of drug-likeness (QED) is 0.134. The summed E-state index contributed by atoms with van der Waals surface area (Å²) >= 11 is 5.73. The van der Waals surface area contributed by atoms with Crippen molar-refractivity contribution in [1.29, 1.82) is 0 Å². The molecule has 4 aromatic rings. The van der Waals surface area contributed by atoms with Crippen LogP contribution in [-0.4, -0.2) is 30.5 Å². The van der Waals surface area contributed by atoms with Gasteiger partial charge < -0.3 is 18.9 Å². The summed E-state index contributed by atoms with van der Waals surface area (Å²) in [5, 5.41) is 0. The standard InChI is InChI=1S/C32H24I2N2O6S/c1-3-12-40-29-21(33)13-18(14-22(29)34)15-25-30(37)36-28(20-10-11-23-24(16-20)42-17-41-23)26(31(38)39-4-2)27(35-32(36)43-25)19-8-6-5-7-9-19/h3,5-11,13-16,28H,1,4,12,17H2,2H3. The Bertz CT molecular complexity index is 1940. The van der Waals surface area contributed by atoms with Gasteiger partial charge in [-0.15, -0.1) is 0 Å². The smallest absolute Gasteiger partial charge is 0.338 e. The largest absolute Gasteiger partial charge is 0.487 e. The number of halogens is 2. The highest BCUT2D eigenvalue weighted by Crippen LogP contribution is 2.40. The van der Waals surface area contributed by atoms with Crippen molar-refractivity contribution >= 4 is 74.3 Å². The van der Waals surface area contributed by atoms with Crippen LogP contribution in [-0.2, 0) is 9.53 Å². The van der Waals surface area contributed by atoms with E-state index in [9.17, 15) is 9.59 Å². The number of rotatable bonds is 8. The summed E-state index contributed by atoms with van der Waals surface area (Å²) in [5.41, 5.74) is 2.74. The number of thiazole rings is 1. The Morgan fingerprint density at radius 3 is 2.58 bits per heavy atom. The lowest BCUT2D eigenvalue weighted by molar-refractivity contribution is -0.138. The first-order valence-corrected chi connectivity index (χ1v) is 16.3. The fourth-order valence-corrected chi connectivity index (χ4v) is 8.06. The Kier molecular flexibility index (Phi) is 8.73. The van der Waals surface area contributed by atoms with Crippen LogP contribution in [0.3, 0.4) is 0 Å². The molecule has 2 aliphatic heterocycles. The van der Waals surface area contributed by atoms with E-state index in [1.54, 1.807) is 23.6 Å². The summed E-state index contributed by atoms with van der Waals surface area (Å²) in [6.07, 6.45) is 3.55. The Morgan fingerprint density at radius 1 is 1.12 bits per heavy atom. The van der Waals surface area contributed by atoms with Gasteiger partial charge in [0.05, 0.1) is 35.6 Å². The number of esters is 1. The van der Waals surface area contributed by atoms with Crippen LogP contribution in [0, 0.1) is 7.14 Å². The zero-order valence-corrected chi connectivity index (χ0v) is 28.0. The van der Waals surface area contributed by atoms with E-state index in [2.05, 4.69) is 51.8 Å². The number of hydrogen-bond donors (Lipinski definition) is 0. The third kappa shape index (κ3) is 5.77. The summed E-state index contributed by atoms with van der Waals surface area (Å²) in [4.78, 5) is 33.2. The van der Waals surface area contributed by atoms with Gasteiger partial charge in [0.1, 0.15) is 12.4 Å². The Hall–Kier alpha value is -3.43. The molecule has 0 saturated heterocycles. The van der Waals surface area contributed by atoms with E-state index in [0.29, 0.717) is 38.7 Å². The van der Waals surface area contributed by atoms with Gasteiger partial charge in [0.2, 0.25) is 6.79 Å². The highest BCUT2D eigenvalue weighted by atomic mass is 127. The normalized spacial score (nSPS) is 15.6. The van der Waals surface area contributed by atoms with Crippen LogP contribution in [0.15, 0.2) is 88.7 Å². The first-order valence-electron chi connectivity index (χ1n) is 13.3. The summed E-state index contributed by atoms with van der Waals surface area (Å²) in [6, 6.07) is 18.0. The third-order valence-electron chi connectivity index (χ3n) is 6.75. The molecule has 1 unspecified atom stereocenters. The molecule has 6 rings (SSSR count). The average molecular weight is 818 g/mol. The van der Waals surface area contributed by atoms with Gasteiger partial charge in [-0.05, 0) is 93.6 Å². The third-order valence-corrected chi connectivity index (χ3v) is 9.34. The molecule has 0 bridgehead atoms. The zero-order valence-electron chi connectivity index (χ0n) is 22.8. The second kappa shape index (κ2) is 12.7. The van der Waals surface area contributed by atoms with Gasteiger partial charge >= 0.3 is 5.97 Å². The van der Waals surface area contributed by atoms with E-state index in [1.807, 2.05) is 60.7 Å². The van der Waals surface area contributed by atoms with E-state index < -0.39 is 12.0 Å². The van der Waals surface area contributed by atoms with Crippen molar-refractivity contribution < 1.29 is 23.7 Å². The van der Waals surface area contributed by atoms with Crippen molar-refractivity contribution in [2.45, 2.75) is 13.0 Å². The van der Waals surface area contributed by atoms with Crippen LogP contribution >= 0.6 is 56.5 Å². The monoisotopic (exact) mass is 818 g/mol. The molecule has 0 N–H and O–H groups in total. The minimum absolute atomic E-state index is 0.104.